The molecule has 11 heavy (non-hydrogen) atoms. The maximum absolute atomic E-state index is 8.77. The Morgan fingerprint density at radius 2 is 2.55 bits per heavy atom. The molecule has 1 heterocycles. The van der Waals surface area contributed by atoms with Crippen LogP contribution >= 0.6 is 0 Å². The third kappa shape index (κ3) is 1.86. The molecule has 0 radical (unpaired) electrons. The summed E-state index contributed by atoms with van der Waals surface area (Å²) >= 11 is 0. The minimum Gasteiger partial charge on any atom is -0.394 e. The third-order valence-electron chi connectivity index (χ3n) is 1.79. The van der Waals surface area contributed by atoms with Gasteiger partial charge in [0, 0.05) is 10.9 Å². The van der Waals surface area contributed by atoms with Crippen molar-refractivity contribution in [3.05, 3.63) is 10.4 Å². The van der Waals surface area contributed by atoms with Crippen molar-refractivity contribution in [2.75, 3.05) is 6.61 Å². The minimum absolute atomic E-state index is 0.0754. The number of hydrogen-bond donors (Lipinski definition) is 1. The van der Waals surface area contributed by atoms with E-state index in [2.05, 4.69) is 10.0 Å². The molecule has 1 rings (SSSR count). The first-order valence-corrected chi connectivity index (χ1v) is 3.58. The molecule has 1 aliphatic heterocycles. The highest BCUT2D eigenvalue weighted by atomic mass is 16.5. The summed E-state index contributed by atoms with van der Waals surface area (Å²) < 4.78 is 5.26. The summed E-state index contributed by atoms with van der Waals surface area (Å²) in [7, 11) is 1.90. The summed E-state index contributed by atoms with van der Waals surface area (Å²) in [6, 6.07) is -0.109. The Hall–Kier alpha value is -0.705. The average molecular weight is 155 g/mol. The van der Waals surface area contributed by atoms with E-state index in [1.807, 2.05) is 7.85 Å². The lowest BCUT2D eigenvalue weighted by molar-refractivity contribution is 0.0379. The van der Waals surface area contributed by atoms with Crippen LogP contribution in [-0.2, 0) is 4.74 Å². The van der Waals surface area contributed by atoms with E-state index in [1.165, 1.54) is 0 Å². The molecule has 60 valence electrons. The van der Waals surface area contributed by atoms with Crippen LogP contribution in [-0.4, -0.2) is 37.7 Å². The van der Waals surface area contributed by atoms with Crippen molar-refractivity contribution in [3.63, 3.8) is 0 Å². The van der Waals surface area contributed by atoms with E-state index >= 15 is 0 Å². The van der Waals surface area contributed by atoms with E-state index in [9.17, 15) is 0 Å². The van der Waals surface area contributed by atoms with Crippen LogP contribution in [0.25, 0.3) is 10.4 Å². The fraction of sp³-hybridized carbons (Fsp3) is 1.00. The van der Waals surface area contributed by atoms with E-state index in [1.54, 1.807) is 0 Å². The van der Waals surface area contributed by atoms with Crippen LogP contribution in [0.3, 0.4) is 0 Å². The highest BCUT2D eigenvalue weighted by Gasteiger charge is 2.31. The van der Waals surface area contributed by atoms with E-state index in [4.69, 9.17) is 15.4 Å². The molecule has 0 saturated carbocycles. The molecule has 0 amide bonds. The molecule has 6 heteroatoms. The molecule has 0 bridgehead atoms. The van der Waals surface area contributed by atoms with Gasteiger partial charge in [-0.25, -0.2) is 0 Å². The van der Waals surface area contributed by atoms with Crippen molar-refractivity contribution >= 4 is 7.85 Å². The Bertz CT molecular complexity index is 183. The molecule has 0 spiro atoms. The van der Waals surface area contributed by atoms with Gasteiger partial charge in [-0.1, -0.05) is 5.11 Å². The zero-order chi connectivity index (χ0) is 8.27. The molecule has 1 aliphatic rings. The second kappa shape index (κ2) is 3.62. The van der Waals surface area contributed by atoms with Crippen LogP contribution in [0, 0.1) is 0 Å². The predicted octanol–water partition coefficient (Wildman–Crippen LogP) is -0.594. The second-order valence-electron chi connectivity index (χ2n) is 2.68. The van der Waals surface area contributed by atoms with E-state index in [0.29, 0.717) is 6.42 Å². The van der Waals surface area contributed by atoms with Crippen molar-refractivity contribution < 1.29 is 9.84 Å². The summed E-state index contributed by atoms with van der Waals surface area (Å²) in [6.45, 7) is -0.0754. The summed E-state index contributed by atoms with van der Waals surface area (Å²) in [5.41, 5.74) is 8.15. The van der Waals surface area contributed by atoms with Crippen molar-refractivity contribution in [1.82, 2.24) is 0 Å². The summed E-state index contributed by atoms with van der Waals surface area (Å²) in [5, 5.41) is 12.3. The Labute approximate surface area is 65.4 Å². The van der Waals surface area contributed by atoms with Gasteiger partial charge < -0.3 is 9.84 Å². The Balaban J connectivity index is 2.56. The SMILES string of the molecule is B[C@H]1CC(N=[N+]=[N-])[C@@H](CO)O1. The molecule has 1 N–H and O–H groups in total. The van der Waals surface area contributed by atoms with Gasteiger partial charge in [0.2, 0.25) is 0 Å². The largest absolute Gasteiger partial charge is 0.394 e. The van der Waals surface area contributed by atoms with Gasteiger partial charge in [-0.15, -0.1) is 0 Å². The van der Waals surface area contributed by atoms with Crippen molar-refractivity contribution in [2.24, 2.45) is 5.11 Å². The predicted molar refractivity (Wildman–Crippen MR) is 41.8 cm³/mol. The van der Waals surface area contributed by atoms with Gasteiger partial charge in [0.1, 0.15) is 7.85 Å². The lowest BCUT2D eigenvalue weighted by Crippen LogP contribution is -2.23. The lowest BCUT2D eigenvalue weighted by atomic mass is 9.95. The first-order chi connectivity index (χ1) is 5.27. The lowest BCUT2D eigenvalue weighted by Gasteiger charge is -2.09. The zero-order valence-electron chi connectivity index (χ0n) is 6.34. The Kier molecular flexibility index (Phi) is 2.76. The van der Waals surface area contributed by atoms with Crippen molar-refractivity contribution in [3.8, 4) is 0 Å². The highest BCUT2D eigenvalue weighted by Crippen LogP contribution is 2.20. The van der Waals surface area contributed by atoms with E-state index < -0.39 is 0 Å². The van der Waals surface area contributed by atoms with Gasteiger partial charge in [-0.05, 0) is 12.0 Å². The Morgan fingerprint density at radius 3 is 3.09 bits per heavy atom. The van der Waals surface area contributed by atoms with Crippen molar-refractivity contribution in [2.45, 2.75) is 24.6 Å². The molecular formula is C5H10BN3O2. The average Bonchev–Trinajstić information content (AvgIpc) is 2.32. The normalized spacial score (nSPS) is 36.6. The maximum atomic E-state index is 8.77. The first kappa shape index (κ1) is 8.39. The standard InChI is InChI=1S/C5H10BN3O2/c6-5-1-3(8-9-7)4(2-10)11-5/h3-5,10H,1-2,6H2/t3?,4-,5-/m1/s1. The van der Waals surface area contributed by atoms with E-state index in [-0.39, 0.29) is 24.8 Å². The van der Waals surface area contributed by atoms with Gasteiger partial charge in [0.25, 0.3) is 0 Å². The maximum Gasteiger partial charge on any atom is 0.139 e. The second-order valence-corrected chi connectivity index (χ2v) is 2.68. The van der Waals surface area contributed by atoms with Crippen LogP contribution in [0.15, 0.2) is 5.11 Å². The number of aliphatic hydroxyl groups is 1. The molecule has 0 aliphatic carbocycles. The highest BCUT2D eigenvalue weighted by molar-refractivity contribution is 6.11. The van der Waals surface area contributed by atoms with Gasteiger partial charge in [0.15, 0.2) is 0 Å². The molecule has 0 aromatic heterocycles. The Morgan fingerprint density at radius 1 is 1.82 bits per heavy atom. The quantitative estimate of drug-likeness (QED) is 0.250. The zero-order valence-corrected chi connectivity index (χ0v) is 6.34. The van der Waals surface area contributed by atoms with Gasteiger partial charge >= 0.3 is 0 Å². The van der Waals surface area contributed by atoms with E-state index in [0.717, 1.165) is 0 Å². The molecule has 5 nitrogen and oxygen atoms in total. The molecule has 0 aromatic carbocycles. The summed E-state index contributed by atoms with van der Waals surface area (Å²) in [6.07, 6.45) is 0.399. The van der Waals surface area contributed by atoms with Crippen LogP contribution in [0.1, 0.15) is 6.42 Å². The van der Waals surface area contributed by atoms with Crippen LogP contribution in [0.2, 0.25) is 0 Å². The molecular weight excluding hydrogens is 145 g/mol. The monoisotopic (exact) mass is 155 g/mol. The number of aliphatic hydroxyl groups excluding tert-OH is 1. The van der Waals surface area contributed by atoms with Crippen LogP contribution in [0.4, 0.5) is 0 Å². The topological polar surface area (TPSA) is 78.2 Å². The molecule has 1 fully saturated rings. The van der Waals surface area contributed by atoms with Gasteiger partial charge in [-0.3, -0.25) is 0 Å². The third-order valence-corrected chi connectivity index (χ3v) is 1.79. The smallest absolute Gasteiger partial charge is 0.139 e. The van der Waals surface area contributed by atoms with Gasteiger partial charge in [-0.2, -0.15) is 0 Å². The summed E-state index contributed by atoms with van der Waals surface area (Å²) in [5.74, 6) is 0. The molecule has 1 unspecified atom stereocenters. The van der Waals surface area contributed by atoms with Gasteiger partial charge in [0.05, 0.1) is 18.8 Å². The summed E-state index contributed by atoms with van der Waals surface area (Å²) in [4.78, 5) is 2.68. The molecule has 0 aromatic rings. The number of hydrogen-bond acceptors (Lipinski definition) is 3. The fourth-order valence-electron chi connectivity index (χ4n) is 1.29. The van der Waals surface area contributed by atoms with Crippen molar-refractivity contribution in [1.29, 1.82) is 0 Å². The number of azide groups is 1. The van der Waals surface area contributed by atoms with Crippen LogP contribution in [0.5, 0.6) is 0 Å². The first-order valence-electron chi connectivity index (χ1n) is 3.58. The number of ether oxygens (including phenoxy) is 1. The number of nitrogens with zero attached hydrogens (tertiary/aromatic N) is 3. The molecule has 1 saturated heterocycles. The van der Waals surface area contributed by atoms with Crippen LogP contribution < -0.4 is 0 Å². The number of rotatable bonds is 2. The minimum atomic E-state index is -0.305. The molecule has 3 atom stereocenters. The fourth-order valence-corrected chi connectivity index (χ4v) is 1.29.